The number of unbranched alkanes of at least 4 members (excludes halogenated alkanes) is 1. The van der Waals surface area contributed by atoms with Crippen LogP contribution >= 0.6 is 11.6 Å². The Morgan fingerprint density at radius 1 is 1.18 bits per heavy atom. The molecule has 1 aliphatic carbocycles. The maximum Gasteiger partial charge on any atom is 0.0431 e. The van der Waals surface area contributed by atoms with Gasteiger partial charge >= 0.3 is 0 Å². The number of benzene rings is 1. The fourth-order valence-corrected chi connectivity index (χ4v) is 2.46. The van der Waals surface area contributed by atoms with Crippen LogP contribution in [0.5, 0.6) is 0 Å². The Morgan fingerprint density at radius 2 is 1.88 bits per heavy atom. The van der Waals surface area contributed by atoms with Gasteiger partial charge in [0.15, 0.2) is 0 Å². The Labute approximate surface area is 108 Å². The lowest BCUT2D eigenvalue weighted by Gasteiger charge is -2.36. The normalized spacial score (nSPS) is 23.4. The summed E-state index contributed by atoms with van der Waals surface area (Å²) < 4.78 is 0. The molecule has 0 aliphatic heterocycles. The number of nitrogens with one attached hydrogen (secondary N) is 1. The summed E-state index contributed by atoms with van der Waals surface area (Å²) in [5.74, 6) is 0.697. The van der Waals surface area contributed by atoms with Crippen molar-refractivity contribution in [1.82, 2.24) is 5.32 Å². The molecule has 0 saturated heterocycles. The summed E-state index contributed by atoms with van der Waals surface area (Å²) >= 11 is 5.87. The summed E-state index contributed by atoms with van der Waals surface area (Å²) in [6, 6.07) is 8.87. The van der Waals surface area contributed by atoms with Gasteiger partial charge in [0, 0.05) is 17.7 Å². The highest BCUT2D eigenvalue weighted by atomic mass is 35.5. The SMILES string of the molecule is OCCCCNC1CC(c2ccc(Cl)cc2)C1. The van der Waals surface area contributed by atoms with Crippen LogP contribution < -0.4 is 5.32 Å². The molecule has 0 aromatic heterocycles. The van der Waals surface area contributed by atoms with Crippen molar-refractivity contribution >= 4 is 11.6 Å². The van der Waals surface area contributed by atoms with Crippen LogP contribution in [-0.2, 0) is 0 Å². The minimum absolute atomic E-state index is 0.305. The molecule has 2 nitrogen and oxygen atoms in total. The molecule has 0 amide bonds. The molecule has 1 aromatic rings. The number of hydrogen-bond acceptors (Lipinski definition) is 2. The lowest BCUT2D eigenvalue weighted by molar-refractivity contribution is 0.267. The quantitative estimate of drug-likeness (QED) is 0.764. The summed E-state index contributed by atoms with van der Waals surface area (Å²) in [5, 5.41) is 13.0. The van der Waals surface area contributed by atoms with Crippen molar-refractivity contribution in [2.75, 3.05) is 13.2 Å². The van der Waals surface area contributed by atoms with E-state index in [0.29, 0.717) is 18.6 Å². The highest BCUT2D eigenvalue weighted by Crippen LogP contribution is 2.37. The first-order valence-electron chi connectivity index (χ1n) is 6.39. The van der Waals surface area contributed by atoms with E-state index in [1.807, 2.05) is 12.1 Å². The number of rotatable bonds is 6. The smallest absolute Gasteiger partial charge is 0.0431 e. The van der Waals surface area contributed by atoms with Gasteiger partial charge in [-0.2, -0.15) is 0 Å². The molecule has 0 atom stereocenters. The van der Waals surface area contributed by atoms with Crippen molar-refractivity contribution in [3.05, 3.63) is 34.9 Å². The first-order valence-corrected chi connectivity index (χ1v) is 6.77. The van der Waals surface area contributed by atoms with Crippen LogP contribution in [0, 0.1) is 0 Å². The van der Waals surface area contributed by atoms with Gasteiger partial charge in [0.25, 0.3) is 0 Å². The first kappa shape index (κ1) is 12.9. The van der Waals surface area contributed by atoms with Crippen molar-refractivity contribution in [3.63, 3.8) is 0 Å². The lowest BCUT2D eigenvalue weighted by Crippen LogP contribution is -2.40. The van der Waals surface area contributed by atoms with Crippen LogP contribution in [0.15, 0.2) is 24.3 Å². The fourth-order valence-electron chi connectivity index (χ4n) is 2.33. The minimum atomic E-state index is 0.305. The van der Waals surface area contributed by atoms with Crippen LogP contribution in [0.1, 0.15) is 37.2 Å². The molecule has 1 fully saturated rings. The number of hydrogen-bond donors (Lipinski definition) is 2. The third-order valence-corrected chi connectivity index (χ3v) is 3.75. The Kier molecular flexibility index (Phi) is 4.84. The molecular formula is C14H20ClNO. The molecule has 0 heterocycles. The number of halogens is 1. The van der Waals surface area contributed by atoms with Gasteiger partial charge in [-0.25, -0.2) is 0 Å². The third kappa shape index (κ3) is 3.70. The maximum absolute atomic E-state index is 8.68. The Bertz CT molecular complexity index is 333. The van der Waals surface area contributed by atoms with Crippen molar-refractivity contribution in [2.24, 2.45) is 0 Å². The van der Waals surface area contributed by atoms with Gasteiger partial charge in [-0.1, -0.05) is 23.7 Å². The molecule has 1 aliphatic rings. The highest BCUT2D eigenvalue weighted by molar-refractivity contribution is 6.30. The molecule has 0 radical (unpaired) electrons. The monoisotopic (exact) mass is 253 g/mol. The fraction of sp³-hybridized carbons (Fsp3) is 0.571. The molecule has 0 unspecified atom stereocenters. The summed E-state index contributed by atoms with van der Waals surface area (Å²) in [5.41, 5.74) is 1.41. The van der Waals surface area contributed by atoms with Crippen molar-refractivity contribution < 1.29 is 5.11 Å². The first-order chi connectivity index (χ1) is 8.29. The molecule has 1 aromatic carbocycles. The second kappa shape index (κ2) is 6.39. The Hall–Kier alpha value is -0.570. The molecule has 94 valence electrons. The molecule has 1 saturated carbocycles. The third-order valence-electron chi connectivity index (χ3n) is 3.50. The van der Waals surface area contributed by atoms with Gasteiger partial charge in [0.05, 0.1) is 0 Å². The van der Waals surface area contributed by atoms with E-state index >= 15 is 0 Å². The average Bonchev–Trinajstić information content (AvgIpc) is 2.28. The predicted octanol–water partition coefficient (Wildman–Crippen LogP) is 2.95. The highest BCUT2D eigenvalue weighted by Gasteiger charge is 2.29. The minimum Gasteiger partial charge on any atom is -0.396 e. The van der Waals surface area contributed by atoms with E-state index in [-0.39, 0.29) is 0 Å². The molecule has 17 heavy (non-hydrogen) atoms. The summed E-state index contributed by atoms with van der Waals surface area (Å²) in [6.45, 7) is 1.33. The zero-order valence-corrected chi connectivity index (χ0v) is 10.8. The van der Waals surface area contributed by atoms with Crippen molar-refractivity contribution in [1.29, 1.82) is 0 Å². The molecule has 2 rings (SSSR count). The van der Waals surface area contributed by atoms with Crippen LogP contribution in [0.25, 0.3) is 0 Å². The Morgan fingerprint density at radius 3 is 2.53 bits per heavy atom. The van der Waals surface area contributed by atoms with Crippen LogP contribution in [0.2, 0.25) is 5.02 Å². The maximum atomic E-state index is 8.68. The van der Waals surface area contributed by atoms with E-state index in [2.05, 4.69) is 17.4 Å². The van der Waals surface area contributed by atoms with Crippen LogP contribution in [0.4, 0.5) is 0 Å². The number of aliphatic hydroxyl groups is 1. The lowest BCUT2D eigenvalue weighted by atomic mass is 9.76. The van der Waals surface area contributed by atoms with E-state index in [9.17, 15) is 0 Å². The molecule has 0 bridgehead atoms. The van der Waals surface area contributed by atoms with Gasteiger partial charge in [0.1, 0.15) is 0 Å². The Balaban J connectivity index is 1.66. The van der Waals surface area contributed by atoms with Crippen molar-refractivity contribution in [3.8, 4) is 0 Å². The topological polar surface area (TPSA) is 32.3 Å². The van der Waals surface area contributed by atoms with E-state index in [1.165, 1.54) is 18.4 Å². The second-order valence-electron chi connectivity index (χ2n) is 4.80. The summed E-state index contributed by atoms with van der Waals surface area (Å²) in [7, 11) is 0. The van der Waals surface area contributed by atoms with Crippen LogP contribution in [0.3, 0.4) is 0 Å². The van der Waals surface area contributed by atoms with Gasteiger partial charge in [0.2, 0.25) is 0 Å². The largest absolute Gasteiger partial charge is 0.396 e. The van der Waals surface area contributed by atoms with E-state index in [4.69, 9.17) is 16.7 Å². The van der Waals surface area contributed by atoms with E-state index in [1.54, 1.807) is 0 Å². The second-order valence-corrected chi connectivity index (χ2v) is 5.24. The zero-order chi connectivity index (χ0) is 12.1. The van der Waals surface area contributed by atoms with E-state index < -0.39 is 0 Å². The van der Waals surface area contributed by atoms with Gasteiger partial charge in [-0.3, -0.25) is 0 Å². The van der Waals surface area contributed by atoms with Crippen molar-refractivity contribution in [2.45, 2.75) is 37.6 Å². The van der Waals surface area contributed by atoms with Crippen LogP contribution in [-0.4, -0.2) is 24.3 Å². The molecule has 3 heteroatoms. The van der Waals surface area contributed by atoms with E-state index in [0.717, 1.165) is 24.4 Å². The standard InChI is InChI=1S/C14H20ClNO/c15-13-5-3-11(4-6-13)12-9-14(10-12)16-7-1-2-8-17/h3-6,12,14,16-17H,1-2,7-10H2. The molecule has 2 N–H and O–H groups in total. The number of aliphatic hydroxyl groups excluding tert-OH is 1. The molecule has 0 spiro atoms. The average molecular weight is 254 g/mol. The molecular weight excluding hydrogens is 234 g/mol. The van der Waals surface area contributed by atoms with Gasteiger partial charge in [-0.05, 0) is 55.8 Å². The summed E-state index contributed by atoms with van der Waals surface area (Å²) in [6.07, 6.45) is 4.42. The predicted molar refractivity (Wildman–Crippen MR) is 71.5 cm³/mol. The summed E-state index contributed by atoms with van der Waals surface area (Å²) in [4.78, 5) is 0. The van der Waals surface area contributed by atoms with Gasteiger partial charge in [-0.15, -0.1) is 0 Å². The van der Waals surface area contributed by atoms with Gasteiger partial charge < -0.3 is 10.4 Å². The zero-order valence-electron chi connectivity index (χ0n) is 10.0.